The number of pyridine rings is 1. The lowest BCUT2D eigenvalue weighted by atomic mass is 9.99. The average Bonchev–Trinajstić information content (AvgIpc) is 2.61. The van der Waals surface area contributed by atoms with Crippen molar-refractivity contribution in [3.8, 4) is 0 Å². The Morgan fingerprint density at radius 3 is 2.83 bits per heavy atom. The van der Waals surface area contributed by atoms with Crippen molar-refractivity contribution in [3.63, 3.8) is 0 Å². The van der Waals surface area contributed by atoms with Crippen LogP contribution in [0.5, 0.6) is 0 Å². The lowest BCUT2D eigenvalue weighted by Crippen LogP contribution is -2.43. The minimum Gasteiger partial charge on any atom is -0.396 e. The van der Waals surface area contributed by atoms with Crippen LogP contribution in [0.3, 0.4) is 0 Å². The summed E-state index contributed by atoms with van der Waals surface area (Å²) in [5, 5.41) is 15.2. The molecular weight excluding hydrogens is 304 g/mol. The Hall–Kier alpha value is -1.66. The smallest absolute Gasteiger partial charge is 0.314 e. The van der Waals surface area contributed by atoms with Gasteiger partial charge in [-0.1, -0.05) is 13.0 Å². The molecule has 1 atom stereocenters. The summed E-state index contributed by atoms with van der Waals surface area (Å²) in [7, 11) is 0. The number of urea groups is 1. The molecule has 134 valence electrons. The van der Waals surface area contributed by atoms with Gasteiger partial charge in [0.05, 0.1) is 0 Å². The number of carbonyl (C=O) groups excluding carboxylic acids is 1. The third-order valence-electron chi connectivity index (χ3n) is 4.62. The van der Waals surface area contributed by atoms with E-state index in [1.165, 1.54) is 12.8 Å². The highest BCUT2D eigenvalue weighted by Crippen LogP contribution is 2.15. The molecule has 3 N–H and O–H groups in total. The van der Waals surface area contributed by atoms with Gasteiger partial charge < -0.3 is 20.6 Å². The highest BCUT2D eigenvalue weighted by Gasteiger charge is 2.15. The number of aliphatic hydroxyl groups is 1. The Morgan fingerprint density at radius 2 is 2.17 bits per heavy atom. The normalized spacial score (nSPS) is 17.4. The second-order valence-electron chi connectivity index (χ2n) is 6.73. The van der Waals surface area contributed by atoms with E-state index < -0.39 is 0 Å². The number of rotatable bonds is 8. The molecule has 1 aliphatic rings. The zero-order valence-electron chi connectivity index (χ0n) is 14.6. The maximum atomic E-state index is 11.9. The molecule has 2 heterocycles. The first-order chi connectivity index (χ1) is 11.7. The summed E-state index contributed by atoms with van der Waals surface area (Å²) in [6, 6.07) is 5.56. The minimum absolute atomic E-state index is 0.0192. The van der Waals surface area contributed by atoms with Gasteiger partial charge in [0, 0.05) is 44.0 Å². The van der Waals surface area contributed by atoms with Crippen LogP contribution in [0.25, 0.3) is 0 Å². The summed E-state index contributed by atoms with van der Waals surface area (Å²) in [6.07, 6.45) is 4.89. The molecule has 0 spiro atoms. The van der Waals surface area contributed by atoms with E-state index >= 15 is 0 Å². The molecule has 1 saturated heterocycles. The quantitative estimate of drug-likeness (QED) is 0.669. The average molecular weight is 334 g/mol. The van der Waals surface area contributed by atoms with Gasteiger partial charge in [0.15, 0.2) is 0 Å². The molecule has 1 aliphatic heterocycles. The van der Waals surface area contributed by atoms with E-state index in [9.17, 15) is 9.90 Å². The zero-order chi connectivity index (χ0) is 17.2. The Morgan fingerprint density at radius 1 is 1.38 bits per heavy atom. The second-order valence-corrected chi connectivity index (χ2v) is 6.73. The lowest BCUT2D eigenvalue weighted by Gasteiger charge is -2.30. The molecule has 1 unspecified atom stereocenters. The van der Waals surface area contributed by atoms with Crippen molar-refractivity contribution in [3.05, 3.63) is 30.1 Å². The zero-order valence-corrected chi connectivity index (χ0v) is 14.6. The summed E-state index contributed by atoms with van der Waals surface area (Å²) >= 11 is 0. The van der Waals surface area contributed by atoms with Crippen molar-refractivity contribution < 1.29 is 9.90 Å². The summed E-state index contributed by atoms with van der Waals surface area (Å²) in [6.45, 7) is 6.58. The molecule has 1 aromatic rings. The largest absolute Gasteiger partial charge is 0.396 e. The Kier molecular flexibility index (Phi) is 7.98. The highest BCUT2D eigenvalue weighted by molar-refractivity contribution is 5.73. The van der Waals surface area contributed by atoms with Crippen molar-refractivity contribution in [2.45, 2.75) is 26.2 Å². The number of amides is 2. The van der Waals surface area contributed by atoms with Crippen LogP contribution in [0.2, 0.25) is 0 Å². The lowest BCUT2D eigenvalue weighted by molar-refractivity contribution is 0.190. The fourth-order valence-corrected chi connectivity index (χ4v) is 2.93. The van der Waals surface area contributed by atoms with Gasteiger partial charge >= 0.3 is 6.03 Å². The molecule has 1 fully saturated rings. The molecule has 24 heavy (non-hydrogen) atoms. The highest BCUT2D eigenvalue weighted by atomic mass is 16.3. The summed E-state index contributed by atoms with van der Waals surface area (Å²) in [4.78, 5) is 18.5. The van der Waals surface area contributed by atoms with Crippen LogP contribution < -0.4 is 10.6 Å². The third-order valence-corrected chi connectivity index (χ3v) is 4.62. The molecule has 6 heteroatoms. The molecular formula is C18H30N4O2. The van der Waals surface area contributed by atoms with Gasteiger partial charge in [0.1, 0.15) is 0 Å². The van der Waals surface area contributed by atoms with E-state index in [1.807, 2.05) is 18.2 Å². The SMILES string of the molecule is CC1CCN(CCNC(=O)NCC(CO)Cc2ccccn2)CC1. The summed E-state index contributed by atoms with van der Waals surface area (Å²) in [5.41, 5.74) is 0.929. The van der Waals surface area contributed by atoms with Crippen LogP contribution in [0.15, 0.2) is 24.4 Å². The van der Waals surface area contributed by atoms with E-state index in [0.717, 1.165) is 31.2 Å². The molecule has 2 amide bonds. The number of hydrogen-bond acceptors (Lipinski definition) is 4. The second kappa shape index (κ2) is 10.3. The van der Waals surface area contributed by atoms with Gasteiger partial charge in [0.2, 0.25) is 0 Å². The van der Waals surface area contributed by atoms with Crippen LogP contribution in [-0.4, -0.2) is 60.4 Å². The molecule has 0 saturated carbocycles. The summed E-state index contributed by atoms with van der Waals surface area (Å²) < 4.78 is 0. The molecule has 2 rings (SSSR count). The third kappa shape index (κ3) is 6.84. The maximum absolute atomic E-state index is 11.9. The number of aromatic nitrogens is 1. The van der Waals surface area contributed by atoms with Gasteiger partial charge in [-0.3, -0.25) is 4.98 Å². The van der Waals surface area contributed by atoms with Crippen LogP contribution in [0, 0.1) is 11.8 Å². The fraction of sp³-hybridized carbons (Fsp3) is 0.667. The summed E-state index contributed by atoms with van der Waals surface area (Å²) in [5.74, 6) is 0.807. The number of piperidine rings is 1. The molecule has 0 aliphatic carbocycles. The number of nitrogens with zero attached hydrogens (tertiary/aromatic N) is 2. The van der Waals surface area contributed by atoms with E-state index in [1.54, 1.807) is 6.20 Å². The van der Waals surface area contributed by atoms with Crippen molar-refractivity contribution in [2.24, 2.45) is 11.8 Å². The molecule has 6 nitrogen and oxygen atoms in total. The number of hydrogen-bond donors (Lipinski definition) is 3. The standard InChI is InChI=1S/C18H30N4O2/c1-15-5-9-22(10-6-15)11-8-20-18(24)21-13-16(14-23)12-17-4-2-3-7-19-17/h2-4,7,15-16,23H,5-6,8-14H2,1H3,(H2,20,21,24). The molecule has 0 aromatic carbocycles. The predicted octanol–water partition coefficient (Wildman–Crippen LogP) is 1.26. The first-order valence-electron chi connectivity index (χ1n) is 8.92. The van der Waals surface area contributed by atoms with Gasteiger partial charge in [-0.15, -0.1) is 0 Å². The van der Waals surface area contributed by atoms with Crippen molar-refractivity contribution in [1.82, 2.24) is 20.5 Å². The first-order valence-corrected chi connectivity index (χ1v) is 8.92. The van der Waals surface area contributed by atoms with Gasteiger partial charge in [-0.25, -0.2) is 4.79 Å². The number of carbonyl (C=O) groups is 1. The van der Waals surface area contributed by atoms with Crippen LogP contribution in [0.4, 0.5) is 4.79 Å². The predicted molar refractivity (Wildman–Crippen MR) is 94.8 cm³/mol. The Labute approximate surface area is 144 Å². The monoisotopic (exact) mass is 334 g/mol. The topological polar surface area (TPSA) is 77.5 Å². The van der Waals surface area contributed by atoms with Crippen LogP contribution >= 0.6 is 0 Å². The van der Waals surface area contributed by atoms with E-state index in [0.29, 0.717) is 19.5 Å². The maximum Gasteiger partial charge on any atom is 0.314 e. The van der Waals surface area contributed by atoms with Gasteiger partial charge in [-0.2, -0.15) is 0 Å². The van der Waals surface area contributed by atoms with E-state index in [-0.39, 0.29) is 18.6 Å². The van der Waals surface area contributed by atoms with E-state index in [2.05, 4.69) is 27.4 Å². The number of aliphatic hydroxyl groups excluding tert-OH is 1. The minimum atomic E-state index is -0.167. The van der Waals surface area contributed by atoms with Crippen molar-refractivity contribution >= 4 is 6.03 Å². The first kappa shape index (κ1) is 18.7. The fourth-order valence-electron chi connectivity index (χ4n) is 2.93. The Balaban J connectivity index is 1.59. The van der Waals surface area contributed by atoms with Gasteiger partial charge in [-0.05, 0) is 50.4 Å². The molecule has 0 radical (unpaired) electrons. The number of likely N-dealkylation sites (tertiary alicyclic amines) is 1. The van der Waals surface area contributed by atoms with Crippen molar-refractivity contribution in [2.75, 3.05) is 39.3 Å². The van der Waals surface area contributed by atoms with Crippen LogP contribution in [0.1, 0.15) is 25.5 Å². The van der Waals surface area contributed by atoms with E-state index in [4.69, 9.17) is 0 Å². The molecule has 0 bridgehead atoms. The van der Waals surface area contributed by atoms with Gasteiger partial charge in [0.25, 0.3) is 0 Å². The number of nitrogens with one attached hydrogen (secondary N) is 2. The molecule has 1 aromatic heterocycles. The van der Waals surface area contributed by atoms with Crippen LogP contribution in [-0.2, 0) is 6.42 Å². The van der Waals surface area contributed by atoms with Crippen molar-refractivity contribution in [1.29, 1.82) is 0 Å². The Bertz CT molecular complexity index is 475.